The summed E-state index contributed by atoms with van der Waals surface area (Å²) in [6, 6.07) is 10.5. The van der Waals surface area contributed by atoms with E-state index in [0.717, 1.165) is 29.7 Å². The number of alkyl halides is 3. The molecule has 0 bridgehead atoms. The van der Waals surface area contributed by atoms with Crippen molar-refractivity contribution < 1.29 is 27.5 Å². The van der Waals surface area contributed by atoms with Gasteiger partial charge in [0.2, 0.25) is 0 Å². The van der Waals surface area contributed by atoms with E-state index >= 15 is 0 Å². The molecule has 0 atom stereocenters. The van der Waals surface area contributed by atoms with E-state index in [1.807, 2.05) is 38.1 Å². The van der Waals surface area contributed by atoms with Crippen LogP contribution in [0.1, 0.15) is 54.5 Å². The molecule has 0 aliphatic carbocycles. The Kier molecular flexibility index (Phi) is 8.42. The van der Waals surface area contributed by atoms with Gasteiger partial charge >= 0.3 is 12.1 Å². The average molecular weight is 433 g/mol. The standard InChI is InChI=1S/C24H26F3NO3/c1-5-6-12-21(23(29)30-4)20-13-7-9-16(2)22(20)15-31-28-17(3)18-10-8-11-19(14-18)24(25,26)27/h7-14H,5-6,15H2,1-4H3/b21-12-,28-17+. The second-order valence-electron chi connectivity index (χ2n) is 7.03. The van der Waals surface area contributed by atoms with Crippen molar-refractivity contribution >= 4 is 17.3 Å². The fourth-order valence-corrected chi connectivity index (χ4v) is 3.02. The van der Waals surface area contributed by atoms with Crippen LogP contribution in [0, 0.1) is 6.92 Å². The predicted molar refractivity (Wildman–Crippen MR) is 115 cm³/mol. The number of allylic oxidation sites excluding steroid dienone is 1. The Balaban J connectivity index is 2.29. The maximum Gasteiger partial charge on any atom is 0.416 e. The van der Waals surface area contributed by atoms with Crippen LogP contribution in [0.5, 0.6) is 0 Å². The molecule has 2 aromatic carbocycles. The molecule has 0 heterocycles. The lowest BCUT2D eigenvalue weighted by molar-refractivity contribution is -0.137. The van der Waals surface area contributed by atoms with Gasteiger partial charge in [0.15, 0.2) is 0 Å². The van der Waals surface area contributed by atoms with E-state index < -0.39 is 17.7 Å². The predicted octanol–water partition coefficient (Wildman–Crippen LogP) is 6.31. The molecule has 31 heavy (non-hydrogen) atoms. The Hall–Kier alpha value is -3.09. The van der Waals surface area contributed by atoms with Crippen LogP contribution in [0.25, 0.3) is 5.57 Å². The number of methoxy groups -OCH3 is 1. The molecule has 0 N–H and O–H groups in total. The van der Waals surface area contributed by atoms with Gasteiger partial charge < -0.3 is 9.57 Å². The second-order valence-corrected chi connectivity index (χ2v) is 7.03. The summed E-state index contributed by atoms with van der Waals surface area (Å²) in [7, 11) is 1.33. The van der Waals surface area contributed by atoms with Gasteiger partial charge in [-0.05, 0) is 49.1 Å². The zero-order valence-corrected chi connectivity index (χ0v) is 18.0. The highest BCUT2D eigenvalue weighted by Gasteiger charge is 2.30. The van der Waals surface area contributed by atoms with Gasteiger partial charge in [-0.2, -0.15) is 13.2 Å². The molecule has 166 valence electrons. The van der Waals surface area contributed by atoms with Crippen molar-refractivity contribution in [3.8, 4) is 0 Å². The topological polar surface area (TPSA) is 47.9 Å². The van der Waals surface area contributed by atoms with Crippen LogP contribution < -0.4 is 0 Å². The molecule has 4 nitrogen and oxygen atoms in total. The summed E-state index contributed by atoms with van der Waals surface area (Å²) in [6.45, 7) is 5.53. The fraction of sp³-hybridized carbons (Fsp3) is 0.333. The van der Waals surface area contributed by atoms with E-state index in [0.29, 0.717) is 28.8 Å². The largest absolute Gasteiger partial charge is 0.465 e. The third kappa shape index (κ3) is 6.44. The van der Waals surface area contributed by atoms with Crippen LogP contribution >= 0.6 is 0 Å². The number of carbonyl (C=O) groups excluding carboxylic acids is 1. The number of hydrogen-bond donors (Lipinski definition) is 0. The number of nitrogens with zero attached hydrogens (tertiary/aromatic N) is 1. The fourth-order valence-electron chi connectivity index (χ4n) is 3.02. The van der Waals surface area contributed by atoms with Crippen LogP contribution in [0.4, 0.5) is 13.2 Å². The molecule has 0 aliphatic heterocycles. The number of aryl methyl sites for hydroxylation is 1. The first-order chi connectivity index (χ1) is 14.7. The Morgan fingerprint density at radius 1 is 1.16 bits per heavy atom. The van der Waals surface area contributed by atoms with Crippen molar-refractivity contribution in [2.24, 2.45) is 5.16 Å². The Morgan fingerprint density at radius 2 is 1.87 bits per heavy atom. The number of esters is 1. The van der Waals surface area contributed by atoms with Gasteiger partial charge in [0, 0.05) is 5.56 Å². The molecule has 0 radical (unpaired) electrons. The summed E-state index contributed by atoms with van der Waals surface area (Å²) in [5, 5.41) is 4.00. The Bertz CT molecular complexity index is 978. The number of halogens is 3. The molecule has 0 spiro atoms. The second kappa shape index (κ2) is 10.8. The number of rotatable bonds is 8. The summed E-state index contributed by atoms with van der Waals surface area (Å²) in [5.41, 5.74) is 2.68. The van der Waals surface area contributed by atoms with E-state index in [1.165, 1.54) is 13.2 Å². The molecular weight excluding hydrogens is 407 g/mol. The molecule has 0 saturated carbocycles. The maximum atomic E-state index is 12.9. The van der Waals surface area contributed by atoms with Crippen molar-refractivity contribution in [1.29, 1.82) is 0 Å². The van der Waals surface area contributed by atoms with Crippen molar-refractivity contribution in [2.75, 3.05) is 7.11 Å². The summed E-state index contributed by atoms with van der Waals surface area (Å²) in [6.07, 6.45) is -1.01. The van der Waals surface area contributed by atoms with Crippen molar-refractivity contribution in [2.45, 2.75) is 46.4 Å². The van der Waals surface area contributed by atoms with E-state index in [1.54, 1.807) is 13.0 Å². The van der Waals surface area contributed by atoms with Crippen LogP contribution in [0.3, 0.4) is 0 Å². The first-order valence-corrected chi connectivity index (χ1v) is 9.90. The first kappa shape index (κ1) is 24.2. The number of unbranched alkanes of at least 4 members (excludes halogenated alkanes) is 1. The quantitative estimate of drug-likeness (QED) is 0.212. The van der Waals surface area contributed by atoms with Gasteiger partial charge in [0.25, 0.3) is 0 Å². The van der Waals surface area contributed by atoms with Crippen LogP contribution in [0.2, 0.25) is 0 Å². The zero-order chi connectivity index (χ0) is 23.0. The van der Waals surface area contributed by atoms with Gasteiger partial charge in [-0.25, -0.2) is 4.79 Å². The number of oxime groups is 1. The van der Waals surface area contributed by atoms with E-state index in [9.17, 15) is 18.0 Å². The lowest BCUT2D eigenvalue weighted by Crippen LogP contribution is -2.08. The van der Waals surface area contributed by atoms with Crippen LogP contribution in [-0.4, -0.2) is 18.8 Å². The highest BCUT2D eigenvalue weighted by Crippen LogP contribution is 2.30. The number of ether oxygens (including phenoxy) is 1. The highest BCUT2D eigenvalue weighted by atomic mass is 19.4. The minimum absolute atomic E-state index is 0.0543. The summed E-state index contributed by atoms with van der Waals surface area (Å²) in [4.78, 5) is 17.8. The molecular formula is C24H26F3NO3. The number of carbonyl (C=O) groups is 1. The van der Waals surface area contributed by atoms with Crippen molar-refractivity contribution in [3.05, 3.63) is 76.4 Å². The monoisotopic (exact) mass is 433 g/mol. The van der Waals surface area contributed by atoms with E-state index in [4.69, 9.17) is 9.57 Å². The molecule has 0 aromatic heterocycles. The Labute approximate surface area is 180 Å². The van der Waals surface area contributed by atoms with E-state index in [2.05, 4.69) is 5.16 Å². The van der Waals surface area contributed by atoms with Gasteiger partial charge in [-0.1, -0.05) is 54.9 Å². The van der Waals surface area contributed by atoms with Gasteiger partial charge in [-0.15, -0.1) is 0 Å². The van der Waals surface area contributed by atoms with Crippen LogP contribution in [0.15, 0.2) is 53.7 Å². The third-order valence-corrected chi connectivity index (χ3v) is 4.76. The summed E-state index contributed by atoms with van der Waals surface area (Å²) in [5.74, 6) is -0.441. The van der Waals surface area contributed by atoms with Gasteiger partial charge in [0.05, 0.1) is 24.0 Å². The van der Waals surface area contributed by atoms with Gasteiger partial charge in [0.1, 0.15) is 6.61 Å². The van der Waals surface area contributed by atoms with E-state index in [-0.39, 0.29) is 6.61 Å². The molecule has 7 heteroatoms. The number of hydrogen-bond acceptors (Lipinski definition) is 4. The maximum absolute atomic E-state index is 12.9. The minimum Gasteiger partial charge on any atom is -0.465 e. The molecule has 2 aromatic rings. The Morgan fingerprint density at radius 3 is 2.52 bits per heavy atom. The molecule has 0 amide bonds. The highest BCUT2D eigenvalue weighted by molar-refractivity contribution is 6.16. The van der Waals surface area contributed by atoms with Crippen molar-refractivity contribution in [3.63, 3.8) is 0 Å². The third-order valence-electron chi connectivity index (χ3n) is 4.76. The zero-order valence-electron chi connectivity index (χ0n) is 18.0. The SMILES string of the molecule is CCC/C=C(\C(=O)OC)c1cccc(C)c1CO/N=C(\C)c1cccc(C(F)(F)F)c1. The smallest absolute Gasteiger partial charge is 0.416 e. The van der Waals surface area contributed by atoms with Crippen LogP contribution in [-0.2, 0) is 27.2 Å². The summed E-state index contributed by atoms with van der Waals surface area (Å²) < 4.78 is 43.7. The van der Waals surface area contributed by atoms with Gasteiger partial charge in [-0.3, -0.25) is 0 Å². The molecule has 0 saturated heterocycles. The number of benzene rings is 2. The lowest BCUT2D eigenvalue weighted by Gasteiger charge is -2.14. The van der Waals surface area contributed by atoms with Crippen molar-refractivity contribution in [1.82, 2.24) is 0 Å². The molecule has 0 unspecified atom stereocenters. The normalized spacial score (nSPS) is 12.6. The average Bonchev–Trinajstić information content (AvgIpc) is 2.74. The molecule has 2 rings (SSSR count). The minimum atomic E-state index is -4.43. The summed E-state index contributed by atoms with van der Waals surface area (Å²) >= 11 is 0. The molecule has 0 fully saturated rings. The lowest BCUT2D eigenvalue weighted by atomic mass is 9.95. The first-order valence-electron chi connectivity index (χ1n) is 9.90. The molecule has 0 aliphatic rings.